The number of rotatable bonds is 2. The lowest BCUT2D eigenvalue weighted by atomic mass is 9.64. The molecule has 1 aromatic heterocycles. The molecule has 4 aliphatic rings. The van der Waals surface area contributed by atoms with E-state index in [1.54, 1.807) is 6.07 Å². The van der Waals surface area contributed by atoms with Gasteiger partial charge in [0, 0.05) is 16.4 Å². The summed E-state index contributed by atoms with van der Waals surface area (Å²) in [5, 5.41) is 12.5. The van der Waals surface area contributed by atoms with Gasteiger partial charge in [0.05, 0.1) is 23.3 Å². The number of fused-ring (bicyclic) bond motifs is 8. The van der Waals surface area contributed by atoms with Crippen LogP contribution in [-0.4, -0.2) is 17.8 Å². The summed E-state index contributed by atoms with van der Waals surface area (Å²) < 4.78 is 5.88. The maximum atomic E-state index is 14.5. The Morgan fingerprint density at radius 1 is 0.878 bits per heavy atom. The number of imide groups is 1. The van der Waals surface area contributed by atoms with Gasteiger partial charge in [-0.25, -0.2) is 4.90 Å². The quantitative estimate of drug-likeness (QED) is 0.167. The van der Waals surface area contributed by atoms with Crippen LogP contribution in [0.3, 0.4) is 0 Å². The number of carbonyl (C=O) groups is 3. The first-order valence-electron chi connectivity index (χ1n) is 14.0. The number of thiophene rings is 1. The van der Waals surface area contributed by atoms with Crippen LogP contribution in [0.25, 0.3) is 16.3 Å². The second kappa shape index (κ2) is 8.98. The van der Waals surface area contributed by atoms with E-state index in [1.807, 2.05) is 66.7 Å². The molecule has 200 valence electrons. The molecular weight excluding hydrogens is 532 g/mol. The highest BCUT2D eigenvalue weighted by atomic mass is 32.1. The minimum atomic E-state index is -0.932. The van der Waals surface area contributed by atoms with Gasteiger partial charge < -0.3 is 4.74 Å². The minimum absolute atomic E-state index is 0.351. The first kappa shape index (κ1) is 24.3. The van der Waals surface area contributed by atoms with Gasteiger partial charge in [0.15, 0.2) is 0 Å². The summed E-state index contributed by atoms with van der Waals surface area (Å²) in [5.74, 6) is -3.89. The Balaban J connectivity index is 1.35. The van der Waals surface area contributed by atoms with Crippen LogP contribution in [-0.2, 0) is 27.2 Å². The van der Waals surface area contributed by atoms with Gasteiger partial charge >= 0.3 is 5.97 Å². The molecule has 2 aliphatic carbocycles. The van der Waals surface area contributed by atoms with Crippen molar-refractivity contribution >= 4 is 50.5 Å². The first-order valence-corrected chi connectivity index (χ1v) is 14.8. The van der Waals surface area contributed by atoms with E-state index in [0.29, 0.717) is 16.3 Å². The maximum Gasteiger partial charge on any atom is 0.319 e. The lowest BCUT2D eigenvalue weighted by molar-refractivity contribution is -0.142. The number of aryl methyl sites for hydroxylation is 1. The molecule has 0 spiro atoms. The molecule has 0 radical (unpaired) electrons. The molecule has 0 N–H and O–H groups in total. The molecule has 0 unspecified atom stereocenters. The number of ether oxygens (including phenoxy) is 1. The number of nitrogens with zero attached hydrogens (tertiary/aromatic N) is 2. The van der Waals surface area contributed by atoms with E-state index in [4.69, 9.17) is 4.74 Å². The molecule has 2 amide bonds. The standard InChI is InChI=1S/C34H24N2O4S/c35-17-24-21-12-6-7-13-26(21)41-33(24)36-31(37)28-22(18-8-2-1-3-9-18)16-23-27-20-11-5-4-10-19(20)14-15-25(27)40-34(39)29(23)30(28)32(36)38/h1-5,8-11,14-16,22,28-30H,6-7,12-13H2/t22-,28-,29-,30+/m1/s1. The molecule has 0 bridgehead atoms. The van der Waals surface area contributed by atoms with Crippen molar-refractivity contribution < 1.29 is 19.1 Å². The van der Waals surface area contributed by atoms with Crippen molar-refractivity contribution in [3.05, 3.63) is 99.9 Å². The summed E-state index contributed by atoms with van der Waals surface area (Å²) in [5.41, 5.74) is 3.83. The Morgan fingerprint density at radius 2 is 1.63 bits per heavy atom. The fraction of sp³-hybridized carbons (Fsp3) is 0.235. The van der Waals surface area contributed by atoms with Crippen molar-refractivity contribution in [3.8, 4) is 11.8 Å². The normalized spacial score (nSPS) is 24.6. The highest BCUT2D eigenvalue weighted by Crippen LogP contribution is 2.56. The smallest absolute Gasteiger partial charge is 0.319 e. The van der Waals surface area contributed by atoms with Crippen LogP contribution in [0.5, 0.6) is 5.75 Å². The van der Waals surface area contributed by atoms with Crippen LogP contribution >= 0.6 is 11.3 Å². The highest BCUT2D eigenvalue weighted by molar-refractivity contribution is 7.17. The van der Waals surface area contributed by atoms with Gasteiger partial charge in [-0.05, 0) is 59.2 Å². The number of esters is 1. The number of carbonyl (C=O) groups excluding carboxylic acids is 3. The van der Waals surface area contributed by atoms with Gasteiger partial charge in [0.1, 0.15) is 16.8 Å². The number of nitriles is 1. The summed E-state index contributed by atoms with van der Waals surface area (Å²) in [6.45, 7) is 0. The Kier molecular flexibility index (Phi) is 5.32. The number of benzene rings is 3. The van der Waals surface area contributed by atoms with Crippen molar-refractivity contribution in [1.82, 2.24) is 0 Å². The minimum Gasteiger partial charge on any atom is -0.425 e. The van der Waals surface area contributed by atoms with Gasteiger partial charge in [-0.15, -0.1) is 11.3 Å². The molecular formula is C34H24N2O4S. The summed E-state index contributed by atoms with van der Waals surface area (Å²) in [4.78, 5) is 44.8. The average Bonchev–Trinajstić information content (AvgIpc) is 3.50. The molecule has 8 rings (SSSR count). The van der Waals surface area contributed by atoms with Crippen LogP contribution in [0, 0.1) is 29.1 Å². The van der Waals surface area contributed by atoms with E-state index in [2.05, 4.69) is 6.07 Å². The van der Waals surface area contributed by atoms with Crippen molar-refractivity contribution in [2.45, 2.75) is 31.6 Å². The Hall–Kier alpha value is -4.54. The van der Waals surface area contributed by atoms with Gasteiger partial charge in [-0.3, -0.25) is 14.4 Å². The van der Waals surface area contributed by atoms with Crippen molar-refractivity contribution in [3.63, 3.8) is 0 Å². The molecule has 1 saturated heterocycles. The summed E-state index contributed by atoms with van der Waals surface area (Å²) in [6, 6.07) is 23.7. The summed E-state index contributed by atoms with van der Waals surface area (Å²) in [7, 11) is 0. The fourth-order valence-corrected chi connectivity index (χ4v) is 8.71. The van der Waals surface area contributed by atoms with Crippen molar-refractivity contribution in [1.29, 1.82) is 5.26 Å². The molecule has 3 aromatic carbocycles. The Labute approximate surface area is 240 Å². The predicted octanol–water partition coefficient (Wildman–Crippen LogP) is 6.17. The molecule has 0 saturated carbocycles. The van der Waals surface area contributed by atoms with E-state index in [1.165, 1.54) is 16.2 Å². The van der Waals surface area contributed by atoms with Crippen LogP contribution in [0.1, 0.15) is 45.9 Å². The Bertz CT molecular complexity index is 1880. The summed E-state index contributed by atoms with van der Waals surface area (Å²) >= 11 is 1.38. The van der Waals surface area contributed by atoms with Crippen LogP contribution < -0.4 is 9.64 Å². The van der Waals surface area contributed by atoms with E-state index >= 15 is 0 Å². The number of amides is 2. The second-order valence-corrected chi connectivity index (χ2v) is 12.3. The van der Waals surface area contributed by atoms with Crippen LogP contribution in [0.4, 0.5) is 5.00 Å². The van der Waals surface area contributed by atoms with Gasteiger partial charge in [0.2, 0.25) is 11.8 Å². The zero-order valence-electron chi connectivity index (χ0n) is 22.0. The SMILES string of the molecule is N#Cc1c(N2C(=O)[C@@H]3[C@@H]4C(=O)Oc5ccc6ccccc6c5C4=C[C@H](c4ccccc4)[C@H]3C2=O)sc2c1CCCC2. The lowest BCUT2D eigenvalue weighted by Gasteiger charge is -2.38. The predicted molar refractivity (Wildman–Crippen MR) is 155 cm³/mol. The monoisotopic (exact) mass is 556 g/mol. The first-order chi connectivity index (χ1) is 20.1. The highest BCUT2D eigenvalue weighted by Gasteiger charge is 2.61. The molecule has 6 nitrogen and oxygen atoms in total. The zero-order chi connectivity index (χ0) is 27.8. The second-order valence-electron chi connectivity index (χ2n) is 11.2. The number of hydrogen-bond donors (Lipinski definition) is 0. The topological polar surface area (TPSA) is 87.5 Å². The molecule has 4 aromatic rings. The molecule has 4 atom stereocenters. The van der Waals surface area contributed by atoms with Crippen LogP contribution in [0.15, 0.2) is 72.8 Å². The van der Waals surface area contributed by atoms with Crippen molar-refractivity contribution in [2.24, 2.45) is 17.8 Å². The van der Waals surface area contributed by atoms with E-state index < -0.39 is 35.5 Å². The maximum absolute atomic E-state index is 14.5. The molecule has 41 heavy (non-hydrogen) atoms. The van der Waals surface area contributed by atoms with Gasteiger partial charge in [0.25, 0.3) is 0 Å². The van der Waals surface area contributed by atoms with Crippen LogP contribution in [0.2, 0.25) is 0 Å². The largest absolute Gasteiger partial charge is 0.425 e. The lowest BCUT2D eigenvalue weighted by Crippen LogP contribution is -2.42. The molecule has 3 heterocycles. The number of allylic oxidation sites excluding steroid dienone is 1. The molecule has 1 fully saturated rings. The molecule has 2 aliphatic heterocycles. The number of hydrogen-bond acceptors (Lipinski definition) is 6. The average molecular weight is 557 g/mol. The van der Waals surface area contributed by atoms with Gasteiger partial charge in [-0.2, -0.15) is 5.26 Å². The summed E-state index contributed by atoms with van der Waals surface area (Å²) in [6.07, 6.45) is 5.64. The van der Waals surface area contributed by atoms with E-state index in [-0.39, 0.29) is 5.91 Å². The number of anilines is 1. The van der Waals surface area contributed by atoms with Crippen molar-refractivity contribution in [2.75, 3.05) is 4.90 Å². The van der Waals surface area contributed by atoms with E-state index in [0.717, 1.165) is 63.6 Å². The Morgan fingerprint density at radius 3 is 2.46 bits per heavy atom. The fourth-order valence-electron chi connectivity index (χ4n) is 7.36. The zero-order valence-corrected chi connectivity index (χ0v) is 22.8. The third-order valence-corrected chi connectivity index (χ3v) is 10.4. The third-order valence-electron chi connectivity index (χ3n) is 9.13. The van der Waals surface area contributed by atoms with Gasteiger partial charge in [-0.1, -0.05) is 66.7 Å². The third kappa shape index (κ3) is 3.37. The molecule has 7 heteroatoms. The van der Waals surface area contributed by atoms with E-state index in [9.17, 15) is 19.6 Å².